The summed E-state index contributed by atoms with van der Waals surface area (Å²) in [5.74, 6) is 1.68. The monoisotopic (exact) mass is 482 g/mol. The van der Waals surface area contributed by atoms with Gasteiger partial charge in [0.25, 0.3) is 5.56 Å². The average Bonchev–Trinajstić information content (AvgIpc) is 3.48. The van der Waals surface area contributed by atoms with Crippen LogP contribution in [0.5, 0.6) is 11.5 Å². The SMILES string of the molecule is CCN(CC(=O)Nc1ccc2c(c1)OCCO2)Cc1nc2scc(-c3cccs3)c2c(=O)[nH]1. The quantitative estimate of drug-likeness (QED) is 0.414. The summed E-state index contributed by atoms with van der Waals surface area (Å²) in [5, 5.41) is 7.48. The number of ether oxygens (including phenoxy) is 2. The van der Waals surface area contributed by atoms with Crippen LogP contribution in [0.4, 0.5) is 5.69 Å². The number of benzene rings is 1. The number of fused-ring (bicyclic) bond motifs is 2. The van der Waals surface area contributed by atoms with Gasteiger partial charge in [0.1, 0.15) is 23.9 Å². The van der Waals surface area contributed by atoms with E-state index in [0.29, 0.717) is 59.5 Å². The van der Waals surface area contributed by atoms with Crippen LogP contribution in [0, 0.1) is 0 Å². The molecule has 0 saturated heterocycles. The Labute approximate surface area is 197 Å². The lowest BCUT2D eigenvalue weighted by molar-refractivity contribution is -0.117. The number of amides is 1. The molecule has 8 nitrogen and oxygen atoms in total. The predicted molar refractivity (Wildman–Crippen MR) is 131 cm³/mol. The molecule has 0 bridgehead atoms. The number of thiophene rings is 2. The summed E-state index contributed by atoms with van der Waals surface area (Å²) >= 11 is 3.05. The molecule has 0 aliphatic carbocycles. The second-order valence-corrected chi connectivity index (χ2v) is 9.34. The molecule has 0 saturated carbocycles. The van der Waals surface area contributed by atoms with Crippen LogP contribution in [0.15, 0.2) is 45.9 Å². The van der Waals surface area contributed by atoms with Crippen molar-refractivity contribution >= 4 is 44.5 Å². The number of anilines is 1. The van der Waals surface area contributed by atoms with E-state index in [1.165, 1.54) is 11.3 Å². The smallest absolute Gasteiger partial charge is 0.260 e. The number of H-pyrrole nitrogens is 1. The van der Waals surface area contributed by atoms with Crippen LogP contribution in [0.2, 0.25) is 0 Å². The average molecular weight is 483 g/mol. The molecule has 4 aromatic rings. The minimum absolute atomic E-state index is 0.156. The number of rotatable bonds is 7. The third-order valence-electron chi connectivity index (χ3n) is 5.29. The van der Waals surface area contributed by atoms with E-state index in [2.05, 4.69) is 15.3 Å². The number of nitrogens with zero attached hydrogens (tertiary/aromatic N) is 2. The number of nitrogens with one attached hydrogen (secondary N) is 2. The fourth-order valence-electron chi connectivity index (χ4n) is 3.70. The number of aromatic nitrogens is 2. The van der Waals surface area contributed by atoms with E-state index in [0.717, 1.165) is 10.4 Å². The Hall–Kier alpha value is -3.21. The predicted octanol–water partition coefficient (Wildman–Crippen LogP) is 3.94. The topological polar surface area (TPSA) is 96.6 Å². The van der Waals surface area contributed by atoms with Gasteiger partial charge in [0.2, 0.25) is 5.91 Å². The molecule has 10 heteroatoms. The first-order chi connectivity index (χ1) is 16.1. The highest BCUT2D eigenvalue weighted by Crippen LogP contribution is 2.34. The molecule has 1 aromatic carbocycles. The normalized spacial score (nSPS) is 12.9. The highest BCUT2D eigenvalue weighted by atomic mass is 32.1. The summed E-state index contributed by atoms with van der Waals surface area (Å²) in [7, 11) is 0. The van der Waals surface area contributed by atoms with E-state index in [1.54, 1.807) is 29.5 Å². The van der Waals surface area contributed by atoms with Crippen LogP contribution in [0.3, 0.4) is 0 Å². The third kappa shape index (κ3) is 4.63. The maximum absolute atomic E-state index is 12.8. The first-order valence-corrected chi connectivity index (χ1v) is 12.3. The number of likely N-dealkylation sites (N-methyl/N-ethyl adjacent to an activating group) is 1. The Morgan fingerprint density at radius 2 is 2.06 bits per heavy atom. The molecule has 0 fully saturated rings. The molecule has 0 unspecified atom stereocenters. The lowest BCUT2D eigenvalue weighted by Gasteiger charge is -2.21. The van der Waals surface area contributed by atoms with E-state index in [4.69, 9.17) is 9.47 Å². The largest absolute Gasteiger partial charge is 0.486 e. The molecule has 4 heterocycles. The highest BCUT2D eigenvalue weighted by Gasteiger charge is 2.17. The molecular weight excluding hydrogens is 460 g/mol. The van der Waals surface area contributed by atoms with Gasteiger partial charge in [-0.25, -0.2) is 4.98 Å². The number of hydrogen-bond donors (Lipinski definition) is 2. The fraction of sp³-hybridized carbons (Fsp3) is 0.261. The van der Waals surface area contributed by atoms with Gasteiger partial charge >= 0.3 is 0 Å². The van der Waals surface area contributed by atoms with Crippen molar-refractivity contribution in [1.29, 1.82) is 0 Å². The van der Waals surface area contributed by atoms with E-state index in [9.17, 15) is 9.59 Å². The standard InChI is InChI=1S/C23H22N4O4S2/c1-2-27(12-20(28)24-14-5-6-16-17(10-14)31-8-7-30-16)11-19-25-22(29)21-15(13-33-23(21)26-19)18-4-3-9-32-18/h3-6,9-10,13H,2,7-8,11-12H2,1H3,(H,24,28)(H,25,26,29). The van der Waals surface area contributed by atoms with Crippen molar-refractivity contribution in [2.24, 2.45) is 0 Å². The Bertz CT molecular complexity index is 1350. The fourth-order valence-corrected chi connectivity index (χ4v) is 5.48. The van der Waals surface area contributed by atoms with Gasteiger partial charge in [-0.05, 0) is 30.1 Å². The molecule has 0 atom stereocenters. The van der Waals surface area contributed by atoms with Crippen molar-refractivity contribution in [1.82, 2.24) is 14.9 Å². The number of aromatic amines is 1. The van der Waals surface area contributed by atoms with Crippen molar-refractivity contribution < 1.29 is 14.3 Å². The van der Waals surface area contributed by atoms with Crippen molar-refractivity contribution in [2.75, 3.05) is 31.6 Å². The second kappa shape index (κ2) is 9.34. The Morgan fingerprint density at radius 1 is 1.21 bits per heavy atom. The summed E-state index contributed by atoms with van der Waals surface area (Å²) in [6.45, 7) is 4.13. The van der Waals surface area contributed by atoms with E-state index in [1.807, 2.05) is 34.7 Å². The van der Waals surface area contributed by atoms with Gasteiger partial charge in [-0.1, -0.05) is 13.0 Å². The zero-order chi connectivity index (χ0) is 22.8. The number of carbonyl (C=O) groups is 1. The summed E-state index contributed by atoms with van der Waals surface area (Å²) < 4.78 is 11.1. The summed E-state index contributed by atoms with van der Waals surface area (Å²) in [4.78, 5) is 36.7. The van der Waals surface area contributed by atoms with E-state index >= 15 is 0 Å². The zero-order valence-electron chi connectivity index (χ0n) is 17.9. The van der Waals surface area contributed by atoms with Gasteiger partial charge in [0, 0.05) is 27.6 Å². The van der Waals surface area contributed by atoms with E-state index in [-0.39, 0.29) is 18.0 Å². The summed E-state index contributed by atoms with van der Waals surface area (Å²) in [5.41, 5.74) is 1.40. The molecule has 0 radical (unpaired) electrons. The third-order valence-corrected chi connectivity index (χ3v) is 7.07. The highest BCUT2D eigenvalue weighted by molar-refractivity contribution is 7.18. The molecular formula is C23H22N4O4S2. The molecule has 5 rings (SSSR count). The molecule has 170 valence electrons. The van der Waals surface area contributed by atoms with E-state index < -0.39 is 0 Å². The Morgan fingerprint density at radius 3 is 2.85 bits per heavy atom. The maximum atomic E-state index is 12.8. The van der Waals surface area contributed by atoms with Crippen LogP contribution >= 0.6 is 22.7 Å². The van der Waals surface area contributed by atoms with Crippen LogP contribution < -0.4 is 20.3 Å². The minimum Gasteiger partial charge on any atom is -0.486 e. The van der Waals surface area contributed by atoms with Crippen LogP contribution in [0.1, 0.15) is 12.7 Å². The lowest BCUT2D eigenvalue weighted by atomic mass is 10.2. The molecule has 1 aliphatic rings. The van der Waals surface area contributed by atoms with Crippen molar-refractivity contribution in [3.05, 3.63) is 57.3 Å². The van der Waals surface area contributed by atoms with Crippen LogP contribution in [-0.4, -0.2) is 47.1 Å². The Kier molecular flexibility index (Phi) is 6.12. The number of hydrogen-bond acceptors (Lipinski definition) is 8. The summed E-state index contributed by atoms with van der Waals surface area (Å²) in [6.07, 6.45) is 0. The maximum Gasteiger partial charge on any atom is 0.260 e. The van der Waals surface area contributed by atoms with Gasteiger partial charge in [-0.3, -0.25) is 14.5 Å². The van der Waals surface area contributed by atoms with Gasteiger partial charge in [0.15, 0.2) is 11.5 Å². The molecule has 2 N–H and O–H groups in total. The van der Waals surface area contributed by atoms with Gasteiger partial charge in [-0.2, -0.15) is 0 Å². The first kappa shape index (κ1) is 21.6. The molecule has 33 heavy (non-hydrogen) atoms. The molecule has 0 spiro atoms. The molecule has 1 aliphatic heterocycles. The zero-order valence-corrected chi connectivity index (χ0v) is 19.6. The minimum atomic E-state index is -0.159. The summed E-state index contributed by atoms with van der Waals surface area (Å²) in [6, 6.07) is 9.30. The van der Waals surface area contributed by atoms with Crippen LogP contribution in [0.25, 0.3) is 20.7 Å². The van der Waals surface area contributed by atoms with Gasteiger partial charge in [-0.15, -0.1) is 22.7 Å². The molecule has 1 amide bonds. The second-order valence-electron chi connectivity index (χ2n) is 7.53. The van der Waals surface area contributed by atoms with Crippen molar-refractivity contribution in [3.8, 4) is 21.9 Å². The van der Waals surface area contributed by atoms with Gasteiger partial charge < -0.3 is 19.8 Å². The van der Waals surface area contributed by atoms with Crippen molar-refractivity contribution in [2.45, 2.75) is 13.5 Å². The lowest BCUT2D eigenvalue weighted by Crippen LogP contribution is -2.33. The Balaban J connectivity index is 1.28. The molecule has 3 aromatic heterocycles. The number of carbonyl (C=O) groups excluding carboxylic acids is 1. The van der Waals surface area contributed by atoms with Crippen LogP contribution in [-0.2, 0) is 11.3 Å². The first-order valence-electron chi connectivity index (χ1n) is 10.6. The van der Waals surface area contributed by atoms with Crippen molar-refractivity contribution in [3.63, 3.8) is 0 Å². The van der Waals surface area contributed by atoms with Gasteiger partial charge in [0.05, 0.1) is 18.5 Å².